The molecule has 2 aromatic rings. The number of nitrogens with zero attached hydrogens (tertiary/aromatic N) is 2. The molecule has 0 aliphatic carbocycles. The van der Waals surface area contributed by atoms with Crippen molar-refractivity contribution >= 4 is 5.97 Å². The molecule has 1 aromatic heterocycles. The van der Waals surface area contributed by atoms with E-state index < -0.39 is 29.7 Å². The van der Waals surface area contributed by atoms with Crippen molar-refractivity contribution in [2.75, 3.05) is 13.1 Å². The van der Waals surface area contributed by atoms with Gasteiger partial charge in [-0.1, -0.05) is 18.2 Å². The molecule has 0 radical (unpaired) electrons. The van der Waals surface area contributed by atoms with Crippen molar-refractivity contribution in [3.8, 4) is 0 Å². The number of carbonyl (C=O) groups is 1. The number of pyridine rings is 1. The Kier molecular flexibility index (Phi) is 5.27. The lowest BCUT2D eigenvalue weighted by atomic mass is 9.91. The molecular weight excluding hydrogens is 345 g/mol. The summed E-state index contributed by atoms with van der Waals surface area (Å²) in [6.07, 6.45) is 0.0557. The number of aliphatic carboxylic acids is 1. The zero-order valence-corrected chi connectivity index (χ0v) is 14.0. The van der Waals surface area contributed by atoms with E-state index in [1.165, 1.54) is 6.07 Å². The SMILES string of the molecule is O=C(O)C1CCCN(C(c2cccnc2)c2cccc(C(F)(F)F)c2)C1. The Balaban J connectivity index is 2.01. The molecule has 2 atom stereocenters. The van der Waals surface area contributed by atoms with Crippen molar-refractivity contribution in [3.05, 3.63) is 65.5 Å². The van der Waals surface area contributed by atoms with Gasteiger partial charge in [-0.3, -0.25) is 14.7 Å². The standard InChI is InChI=1S/C19H19F3N2O2/c20-19(21,22)16-7-1-4-13(10-16)17(14-5-2-8-23-11-14)24-9-3-6-15(12-24)18(25)26/h1-2,4-5,7-8,10-11,15,17H,3,6,9,12H2,(H,25,26). The van der Waals surface area contributed by atoms with Gasteiger partial charge in [-0.05, 0) is 48.7 Å². The first-order chi connectivity index (χ1) is 12.4. The molecule has 1 saturated heterocycles. The molecule has 0 spiro atoms. The third-order valence-corrected chi connectivity index (χ3v) is 4.70. The number of carboxylic acids is 1. The van der Waals surface area contributed by atoms with Crippen molar-refractivity contribution in [1.82, 2.24) is 9.88 Å². The van der Waals surface area contributed by atoms with E-state index in [0.29, 0.717) is 31.5 Å². The number of benzene rings is 1. The fraction of sp³-hybridized carbons (Fsp3) is 0.368. The van der Waals surface area contributed by atoms with Gasteiger partial charge < -0.3 is 5.11 Å². The van der Waals surface area contributed by atoms with Gasteiger partial charge in [0.15, 0.2) is 0 Å². The maximum Gasteiger partial charge on any atom is 0.416 e. The van der Waals surface area contributed by atoms with Gasteiger partial charge in [-0.2, -0.15) is 13.2 Å². The minimum Gasteiger partial charge on any atom is -0.481 e. The number of halogens is 3. The molecule has 4 nitrogen and oxygen atoms in total. The molecule has 3 rings (SSSR count). The van der Waals surface area contributed by atoms with Crippen LogP contribution >= 0.6 is 0 Å². The van der Waals surface area contributed by atoms with Crippen molar-refractivity contribution in [2.24, 2.45) is 5.92 Å². The lowest BCUT2D eigenvalue weighted by molar-refractivity contribution is -0.143. The summed E-state index contributed by atoms with van der Waals surface area (Å²) in [5, 5.41) is 9.34. The second kappa shape index (κ2) is 7.45. The Bertz CT molecular complexity index is 765. The second-order valence-electron chi connectivity index (χ2n) is 6.48. The average Bonchev–Trinajstić information content (AvgIpc) is 2.63. The van der Waals surface area contributed by atoms with Gasteiger partial charge in [-0.25, -0.2) is 0 Å². The summed E-state index contributed by atoms with van der Waals surface area (Å²) >= 11 is 0. The van der Waals surface area contributed by atoms with E-state index in [1.807, 2.05) is 11.0 Å². The normalized spacial score (nSPS) is 19.9. The van der Waals surface area contributed by atoms with Crippen molar-refractivity contribution in [2.45, 2.75) is 25.1 Å². The maximum atomic E-state index is 13.1. The fourth-order valence-electron chi connectivity index (χ4n) is 3.48. The fourth-order valence-corrected chi connectivity index (χ4v) is 3.48. The number of hydrogen-bond acceptors (Lipinski definition) is 3. The highest BCUT2D eigenvalue weighted by molar-refractivity contribution is 5.70. The minimum atomic E-state index is -4.43. The van der Waals surface area contributed by atoms with Crippen LogP contribution in [0.4, 0.5) is 13.2 Å². The number of alkyl halides is 3. The summed E-state index contributed by atoms with van der Waals surface area (Å²) in [5.74, 6) is -1.39. The molecule has 0 bridgehead atoms. The molecule has 0 amide bonds. The predicted molar refractivity (Wildman–Crippen MR) is 89.5 cm³/mol. The number of rotatable bonds is 4. The van der Waals surface area contributed by atoms with Crippen LogP contribution in [0.3, 0.4) is 0 Å². The van der Waals surface area contributed by atoms with Crippen LogP contribution in [0.1, 0.15) is 35.6 Å². The third kappa shape index (κ3) is 4.04. The van der Waals surface area contributed by atoms with Gasteiger partial charge in [0, 0.05) is 18.9 Å². The first kappa shape index (κ1) is 18.4. The summed E-state index contributed by atoms with van der Waals surface area (Å²) in [6, 6.07) is 8.30. The number of likely N-dealkylation sites (tertiary alicyclic amines) is 1. The Morgan fingerprint density at radius 2 is 2.00 bits per heavy atom. The van der Waals surface area contributed by atoms with Crippen LogP contribution in [0, 0.1) is 5.92 Å². The van der Waals surface area contributed by atoms with E-state index >= 15 is 0 Å². The molecule has 7 heteroatoms. The van der Waals surface area contributed by atoms with Gasteiger partial charge in [0.2, 0.25) is 0 Å². The largest absolute Gasteiger partial charge is 0.481 e. The van der Waals surface area contributed by atoms with Gasteiger partial charge in [0.25, 0.3) is 0 Å². The summed E-state index contributed by atoms with van der Waals surface area (Å²) in [4.78, 5) is 17.4. The van der Waals surface area contributed by atoms with Crippen LogP contribution in [0.25, 0.3) is 0 Å². The molecule has 1 aromatic carbocycles. The first-order valence-electron chi connectivity index (χ1n) is 8.40. The molecule has 1 N–H and O–H groups in total. The number of aromatic nitrogens is 1. The third-order valence-electron chi connectivity index (χ3n) is 4.70. The van der Waals surface area contributed by atoms with Crippen LogP contribution in [-0.2, 0) is 11.0 Å². The molecule has 1 aliphatic rings. The van der Waals surface area contributed by atoms with Gasteiger partial charge in [0.1, 0.15) is 0 Å². The molecule has 26 heavy (non-hydrogen) atoms. The summed E-state index contributed by atoms with van der Waals surface area (Å²) in [7, 11) is 0. The van der Waals surface area contributed by atoms with Crippen molar-refractivity contribution < 1.29 is 23.1 Å². The monoisotopic (exact) mass is 364 g/mol. The summed E-state index contributed by atoms with van der Waals surface area (Å²) < 4.78 is 39.4. The highest BCUT2D eigenvalue weighted by Gasteiger charge is 2.34. The molecule has 0 saturated carbocycles. The van der Waals surface area contributed by atoms with Crippen LogP contribution < -0.4 is 0 Å². The molecule has 138 valence electrons. The quantitative estimate of drug-likeness (QED) is 0.891. The van der Waals surface area contributed by atoms with Gasteiger partial charge >= 0.3 is 12.1 Å². The maximum absolute atomic E-state index is 13.1. The van der Waals surface area contributed by atoms with E-state index in [1.54, 1.807) is 24.5 Å². The number of carboxylic acid groups (broad SMARTS) is 1. The molecule has 2 unspecified atom stereocenters. The smallest absolute Gasteiger partial charge is 0.416 e. The number of piperidine rings is 1. The Morgan fingerprint density at radius 1 is 1.23 bits per heavy atom. The Labute approximate surface area is 149 Å². The van der Waals surface area contributed by atoms with Crippen LogP contribution in [0.2, 0.25) is 0 Å². The first-order valence-corrected chi connectivity index (χ1v) is 8.40. The van der Waals surface area contributed by atoms with Crippen LogP contribution in [0.5, 0.6) is 0 Å². The van der Waals surface area contributed by atoms with E-state index in [0.717, 1.165) is 17.7 Å². The lowest BCUT2D eigenvalue weighted by Gasteiger charge is -2.37. The Morgan fingerprint density at radius 3 is 2.65 bits per heavy atom. The van der Waals surface area contributed by atoms with E-state index in [4.69, 9.17) is 0 Å². The molecular formula is C19H19F3N2O2. The predicted octanol–water partition coefficient (Wildman–Crippen LogP) is 3.99. The average molecular weight is 364 g/mol. The van der Waals surface area contributed by atoms with E-state index in [9.17, 15) is 23.1 Å². The zero-order valence-electron chi connectivity index (χ0n) is 14.0. The van der Waals surface area contributed by atoms with E-state index in [-0.39, 0.29) is 0 Å². The summed E-state index contributed by atoms with van der Waals surface area (Å²) in [6.45, 7) is 0.921. The molecule has 1 aliphatic heterocycles. The topological polar surface area (TPSA) is 53.4 Å². The summed E-state index contributed by atoms with van der Waals surface area (Å²) in [5.41, 5.74) is 0.521. The molecule has 2 heterocycles. The lowest BCUT2D eigenvalue weighted by Crippen LogP contribution is -2.41. The zero-order chi connectivity index (χ0) is 18.7. The minimum absolute atomic E-state index is 0.297. The van der Waals surface area contributed by atoms with Crippen LogP contribution in [0.15, 0.2) is 48.8 Å². The van der Waals surface area contributed by atoms with Gasteiger partial charge in [0.05, 0.1) is 17.5 Å². The van der Waals surface area contributed by atoms with Crippen LogP contribution in [-0.4, -0.2) is 34.0 Å². The van der Waals surface area contributed by atoms with Gasteiger partial charge in [-0.15, -0.1) is 0 Å². The highest BCUT2D eigenvalue weighted by atomic mass is 19.4. The van der Waals surface area contributed by atoms with Crippen molar-refractivity contribution in [3.63, 3.8) is 0 Å². The Hall–Kier alpha value is -2.41. The number of hydrogen-bond donors (Lipinski definition) is 1. The highest BCUT2D eigenvalue weighted by Crippen LogP contribution is 2.36. The molecule has 1 fully saturated rings. The van der Waals surface area contributed by atoms with E-state index in [2.05, 4.69) is 4.98 Å². The van der Waals surface area contributed by atoms with Crippen molar-refractivity contribution in [1.29, 1.82) is 0 Å². The second-order valence-corrected chi connectivity index (χ2v) is 6.48.